The molecule has 0 aliphatic rings. The summed E-state index contributed by atoms with van der Waals surface area (Å²) in [5.74, 6) is 2.62. The average molecular weight is 369 g/mol. The number of hydrogen-bond donors (Lipinski definition) is 1. The summed E-state index contributed by atoms with van der Waals surface area (Å²) in [6.45, 7) is 1.77. The topological polar surface area (TPSA) is 95.1 Å². The zero-order chi connectivity index (χ0) is 19.2. The lowest BCUT2D eigenvalue weighted by Crippen LogP contribution is -2.31. The van der Waals surface area contributed by atoms with Gasteiger partial charge in [-0.25, -0.2) is 4.98 Å². The molecule has 0 bridgehead atoms. The van der Waals surface area contributed by atoms with Gasteiger partial charge in [0.05, 0.1) is 7.11 Å². The first-order valence-electron chi connectivity index (χ1n) is 8.76. The Balaban J connectivity index is 1.67. The Morgan fingerprint density at radius 1 is 1.33 bits per heavy atom. The van der Waals surface area contributed by atoms with Gasteiger partial charge in [0.25, 0.3) is 0 Å². The molecule has 1 aromatic carbocycles. The molecule has 2 heterocycles. The minimum absolute atomic E-state index is 0.0601. The molecule has 0 aliphatic heterocycles. The number of ether oxygens (including phenoxy) is 1. The van der Waals surface area contributed by atoms with Crippen molar-refractivity contribution in [2.75, 3.05) is 7.11 Å². The Bertz CT molecular complexity index is 885. The monoisotopic (exact) mass is 369 g/mol. The van der Waals surface area contributed by atoms with Crippen molar-refractivity contribution in [1.29, 1.82) is 0 Å². The van der Waals surface area contributed by atoms with E-state index in [0.29, 0.717) is 31.0 Å². The first-order chi connectivity index (χ1) is 13.1. The van der Waals surface area contributed by atoms with Gasteiger partial charge >= 0.3 is 0 Å². The lowest BCUT2D eigenvalue weighted by atomic mass is 10.1. The van der Waals surface area contributed by atoms with Gasteiger partial charge in [-0.2, -0.15) is 4.98 Å². The van der Waals surface area contributed by atoms with E-state index < -0.39 is 0 Å². The summed E-state index contributed by atoms with van der Waals surface area (Å²) in [4.78, 5) is 21.1. The Morgan fingerprint density at radius 3 is 2.70 bits per heavy atom. The molecule has 1 N–H and O–H groups in total. The summed E-state index contributed by atoms with van der Waals surface area (Å²) < 4.78 is 12.2. The third kappa shape index (κ3) is 4.72. The molecule has 1 unspecified atom stereocenters. The fourth-order valence-electron chi connectivity index (χ4n) is 2.82. The molecule has 3 rings (SSSR count). The van der Waals surface area contributed by atoms with E-state index in [1.165, 1.54) is 0 Å². The summed E-state index contributed by atoms with van der Waals surface area (Å²) in [5.41, 5.74) is 0.936. The number of methoxy groups -OCH3 is 1. The molecular formula is C19H23N5O3. The first-order valence-corrected chi connectivity index (χ1v) is 8.76. The van der Waals surface area contributed by atoms with Crippen LogP contribution >= 0.6 is 0 Å². The number of carbonyl (C=O) groups excluding carboxylic acids is 1. The second kappa shape index (κ2) is 8.48. The van der Waals surface area contributed by atoms with Crippen molar-refractivity contribution in [3.63, 3.8) is 0 Å². The molecule has 0 spiro atoms. The van der Waals surface area contributed by atoms with E-state index in [1.807, 2.05) is 42.1 Å². The smallest absolute Gasteiger partial charge is 0.226 e. The van der Waals surface area contributed by atoms with Gasteiger partial charge in [-0.1, -0.05) is 17.3 Å². The lowest BCUT2D eigenvalue weighted by molar-refractivity contribution is -0.121. The predicted octanol–water partition coefficient (Wildman–Crippen LogP) is 2.35. The maximum absolute atomic E-state index is 12.5. The molecule has 0 aliphatic carbocycles. The zero-order valence-electron chi connectivity index (χ0n) is 15.7. The number of benzene rings is 1. The van der Waals surface area contributed by atoms with Crippen molar-refractivity contribution >= 4 is 5.91 Å². The highest BCUT2D eigenvalue weighted by atomic mass is 16.5. The van der Waals surface area contributed by atoms with Gasteiger partial charge in [-0.15, -0.1) is 0 Å². The lowest BCUT2D eigenvalue weighted by Gasteiger charge is -2.19. The molecule has 1 atom stereocenters. The van der Waals surface area contributed by atoms with Crippen LogP contribution in [0.15, 0.2) is 41.2 Å². The number of aromatic nitrogens is 4. The van der Waals surface area contributed by atoms with Crippen molar-refractivity contribution in [2.45, 2.75) is 32.2 Å². The normalized spacial score (nSPS) is 12.0. The van der Waals surface area contributed by atoms with Crippen LogP contribution in [0.25, 0.3) is 0 Å². The van der Waals surface area contributed by atoms with Crippen LogP contribution in [0.5, 0.6) is 5.75 Å². The van der Waals surface area contributed by atoms with Crippen LogP contribution in [0.1, 0.15) is 42.0 Å². The van der Waals surface area contributed by atoms with Gasteiger partial charge in [0.15, 0.2) is 5.82 Å². The van der Waals surface area contributed by atoms with Crippen LogP contribution in [0, 0.1) is 6.92 Å². The van der Waals surface area contributed by atoms with Crippen LogP contribution in [-0.2, 0) is 18.3 Å². The molecule has 27 heavy (non-hydrogen) atoms. The van der Waals surface area contributed by atoms with Crippen LogP contribution in [-0.4, -0.2) is 32.7 Å². The van der Waals surface area contributed by atoms with Crippen molar-refractivity contribution in [1.82, 2.24) is 25.0 Å². The second-order valence-electron chi connectivity index (χ2n) is 6.26. The highest BCUT2D eigenvalue weighted by Crippen LogP contribution is 2.23. The van der Waals surface area contributed by atoms with Gasteiger partial charge in [0.2, 0.25) is 11.8 Å². The van der Waals surface area contributed by atoms with Crippen molar-refractivity contribution in [2.24, 2.45) is 7.05 Å². The third-order valence-corrected chi connectivity index (χ3v) is 4.24. The maximum Gasteiger partial charge on any atom is 0.226 e. The Labute approximate surface area is 157 Å². The fraction of sp³-hybridized carbons (Fsp3) is 0.368. The molecule has 3 aromatic rings. The second-order valence-corrected chi connectivity index (χ2v) is 6.26. The van der Waals surface area contributed by atoms with E-state index >= 15 is 0 Å². The van der Waals surface area contributed by atoms with Crippen molar-refractivity contribution in [3.05, 3.63) is 59.8 Å². The molecule has 2 aromatic heterocycles. The fourth-order valence-corrected chi connectivity index (χ4v) is 2.82. The Morgan fingerprint density at radius 2 is 2.11 bits per heavy atom. The number of nitrogens with zero attached hydrogens (tertiary/aromatic N) is 4. The molecule has 0 radical (unpaired) electrons. The van der Waals surface area contributed by atoms with E-state index in [1.54, 1.807) is 20.2 Å². The predicted molar refractivity (Wildman–Crippen MR) is 98.2 cm³/mol. The van der Waals surface area contributed by atoms with Crippen LogP contribution in [0.2, 0.25) is 0 Å². The number of rotatable bonds is 8. The van der Waals surface area contributed by atoms with Crippen molar-refractivity contribution < 1.29 is 14.1 Å². The highest BCUT2D eigenvalue weighted by molar-refractivity contribution is 5.76. The van der Waals surface area contributed by atoms with Gasteiger partial charge in [0, 0.05) is 32.3 Å². The average Bonchev–Trinajstić information content (AvgIpc) is 3.28. The number of amides is 1. The van der Waals surface area contributed by atoms with Crippen LogP contribution < -0.4 is 10.1 Å². The summed E-state index contributed by atoms with van der Waals surface area (Å²) in [7, 11) is 3.53. The Kier molecular flexibility index (Phi) is 5.85. The minimum Gasteiger partial charge on any atom is -0.497 e. The van der Waals surface area contributed by atoms with E-state index in [0.717, 1.165) is 17.1 Å². The minimum atomic E-state index is -0.339. The number of aryl methyl sites for hydroxylation is 3. The number of carbonyl (C=O) groups is 1. The largest absolute Gasteiger partial charge is 0.497 e. The molecule has 142 valence electrons. The summed E-state index contributed by atoms with van der Waals surface area (Å²) in [6.07, 6.45) is 5.14. The molecule has 8 heteroatoms. The molecule has 0 saturated heterocycles. The molecular weight excluding hydrogens is 346 g/mol. The highest BCUT2D eigenvalue weighted by Gasteiger charge is 2.20. The SMILES string of the molecule is COc1ccc(C(NC(=O)CCCc2nc(C)no2)c2nccn2C)cc1. The summed E-state index contributed by atoms with van der Waals surface area (Å²) >= 11 is 0. The maximum atomic E-state index is 12.5. The van der Waals surface area contributed by atoms with Gasteiger partial charge in [-0.3, -0.25) is 4.79 Å². The van der Waals surface area contributed by atoms with E-state index in [-0.39, 0.29) is 11.9 Å². The molecule has 1 amide bonds. The van der Waals surface area contributed by atoms with Gasteiger partial charge in [-0.05, 0) is 31.0 Å². The van der Waals surface area contributed by atoms with E-state index in [2.05, 4.69) is 20.4 Å². The zero-order valence-corrected chi connectivity index (χ0v) is 15.7. The number of nitrogens with one attached hydrogen (secondary N) is 1. The Hall–Kier alpha value is -3.16. The summed E-state index contributed by atoms with van der Waals surface area (Å²) in [5, 5.41) is 6.83. The van der Waals surface area contributed by atoms with E-state index in [9.17, 15) is 4.79 Å². The van der Waals surface area contributed by atoms with Crippen LogP contribution in [0.4, 0.5) is 0 Å². The number of imidazole rings is 1. The summed E-state index contributed by atoms with van der Waals surface area (Å²) in [6, 6.07) is 7.26. The standard InChI is InChI=1S/C19H23N5O3/c1-13-21-17(27-23-13)6-4-5-16(25)22-18(19-20-11-12-24(19)2)14-7-9-15(26-3)10-8-14/h7-12,18H,4-6H2,1-3H3,(H,22,25). The van der Waals surface area contributed by atoms with Crippen LogP contribution in [0.3, 0.4) is 0 Å². The van der Waals surface area contributed by atoms with Crippen molar-refractivity contribution in [3.8, 4) is 5.75 Å². The van der Waals surface area contributed by atoms with E-state index in [4.69, 9.17) is 9.26 Å². The van der Waals surface area contributed by atoms with Gasteiger partial charge in [0.1, 0.15) is 17.6 Å². The molecule has 0 fully saturated rings. The molecule has 0 saturated carbocycles. The third-order valence-electron chi connectivity index (χ3n) is 4.24. The quantitative estimate of drug-likeness (QED) is 0.655. The molecule has 8 nitrogen and oxygen atoms in total. The first kappa shape index (κ1) is 18.6. The number of hydrogen-bond acceptors (Lipinski definition) is 6. The van der Waals surface area contributed by atoms with Gasteiger partial charge < -0.3 is 19.1 Å².